The lowest BCUT2D eigenvalue weighted by molar-refractivity contribution is 0.0795. The normalized spacial score (nSPS) is 15.0. The number of aromatic nitrogens is 1. The summed E-state index contributed by atoms with van der Waals surface area (Å²) in [7, 11) is 0. The maximum Gasteiger partial charge on any atom is 0.259 e. The number of para-hydroxylation sites is 1. The fourth-order valence-corrected chi connectivity index (χ4v) is 4.17. The van der Waals surface area contributed by atoms with Crippen molar-refractivity contribution in [3.8, 4) is 6.07 Å². The van der Waals surface area contributed by atoms with Crippen molar-refractivity contribution in [2.75, 3.05) is 0 Å². The van der Waals surface area contributed by atoms with E-state index in [1.54, 1.807) is 18.3 Å². The largest absolute Gasteiger partial charge is 0.336 e. The van der Waals surface area contributed by atoms with E-state index in [-0.39, 0.29) is 5.91 Å². The highest BCUT2D eigenvalue weighted by molar-refractivity contribution is 5.98. The number of hydrogen-bond acceptors (Lipinski definition) is 2. The van der Waals surface area contributed by atoms with Crippen LogP contribution in [0.15, 0.2) is 91.1 Å². The van der Waals surface area contributed by atoms with Crippen molar-refractivity contribution in [2.24, 2.45) is 0 Å². The van der Waals surface area contributed by atoms with Gasteiger partial charge in [-0.25, -0.2) is 0 Å². The van der Waals surface area contributed by atoms with Crippen LogP contribution >= 0.6 is 0 Å². The van der Waals surface area contributed by atoms with Gasteiger partial charge in [0.15, 0.2) is 6.04 Å². The van der Waals surface area contributed by atoms with E-state index in [1.807, 2.05) is 60.7 Å². The van der Waals surface area contributed by atoms with Gasteiger partial charge < -0.3 is 4.57 Å². The molecule has 4 aromatic rings. The van der Waals surface area contributed by atoms with Gasteiger partial charge in [-0.15, -0.1) is 0 Å². The molecule has 4 heteroatoms. The monoisotopic (exact) mass is 389 g/mol. The zero-order valence-electron chi connectivity index (χ0n) is 16.3. The Labute approximate surface area is 174 Å². The number of carbonyl (C=O) groups excluding carboxylic acids is 1. The molecular formula is C26H19N3O. The fraction of sp³-hybridized carbons (Fsp3) is 0.0769. The Balaban J connectivity index is 1.65. The SMILES string of the molecule is N#CC1c2c(n(Cc3ccccc3)c3ccccc23)C=CN1C(=O)c1ccccc1. The van der Waals surface area contributed by atoms with E-state index in [1.165, 1.54) is 10.5 Å². The van der Waals surface area contributed by atoms with Crippen LogP contribution < -0.4 is 0 Å². The predicted molar refractivity (Wildman–Crippen MR) is 117 cm³/mol. The van der Waals surface area contributed by atoms with Crippen LogP contribution in [0, 0.1) is 11.3 Å². The average molecular weight is 389 g/mol. The van der Waals surface area contributed by atoms with Gasteiger partial charge in [0.1, 0.15) is 0 Å². The van der Waals surface area contributed by atoms with Crippen LogP contribution in [0.3, 0.4) is 0 Å². The number of hydrogen-bond donors (Lipinski definition) is 0. The number of amides is 1. The lowest BCUT2D eigenvalue weighted by Gasteiger charge is -2.28. The molecule has 0 spiro atoms. The Bertz CT molecular complexity index is 1300. The van der Waals surface area contributed by atoms with Gasteiger partial charge >= 0.3 is 0 Å². The molecule has 1 unspecified atom stereocenters. The van der Waals surface area contributed by atoms with E-state index in [2.05, 4.69) is 28.8 Å². The van der Waals surface area contributed by atoms with Crippen LogP contribution in [0.2, 0.25) is 0 Å². The first-order valence-corrected chi connectivity index (χ1v) is 9.88. The zero-order chi connectivity index (χ0) is 20.5. The van der Waals surface area contributed by atoms with Crippen molar-refractivity contribution in [2.45, 2.75) is 12.6 Å². The van der Waals surface area contributed by atoms with Gasteiger partial charge in [0, 0.05) is 40.5 Å². The Morgan fingerprint density at radius 1 is 0.900 bits per heavy atom. The molecule has 1 aromatic heterocycles. The molecule has 144 valence electrons. The standard InChI is InChI=1S/C26H19N3O/c27-17-24-25-21-13-7-8-14-22(21)29(18-19-9-3-1-4-10-19)23(25)15-16-28(24)26(30)20-11-5-2-6-12-20/h1-16,24H,18H2. The summed E-state index contributed by atoms with van der Waals surface area (Å²) in [5.41, 5.74) is 4.68. The Morgan fingerprint density at radius 2 is 1.57 bits per heavy atom. The Hall–Kier alpha value is -4.10. The molecule has 2 heterocycles. The second-order valence-corrected chi connectivity index (χ2v) is 7.31. The van der Waals surface area contributed by atoms with Crippen molar-refractivity contribution in [3.63, 3.8) is 0 Å². The quantitative estimate of drug-likeness (QED) is 0.472. The molecule has 1 amide bonds. The minimum atomic E-state index is -0.681. The molecule has 1 aliphatic heterocycles. The van der Waals surface area contributed by atoms with Gasteiger partial charge in [-0.2, -0.15) is 5.26 Å². The maximum atomic E-state index is 13.1. The van der Waals surface area contributed by atoms with E-state index < -0.39 is 6.04 Å². The molecule has 0 saturated heterocycles. The van der Waals surface area contributed by atoms with Crippen LogP contribution in [-0.4, -0.2) is 15.4 Å². The summed E-state index contributed by atoms with van der Waals surface area (Å²) in [6, 6.07) is 29.1. The number of nitrogens with zero attached hydrogens (tertiary/aromatic N) is 3. The summed E-state index contributed by atoms with van der Waals surface area (Å²) in [6.07, 6.45) is 3.69. The molecule has 1 aliphatic rings. The van der Waals surface area contributed by atoms with Crippen molar-refractivity contribution >= 4 is 22.9 Å². The number of benzene rings is 3. The number of nitriles is 1. The van der Waals surface area contributed by atoms with E-state index in [0.29, 0.717) is 12.1 Å². The van der Waals surface area contributed by atoms with Crippen molar-refractivity contribution in [1.29, 1.82) is 5.26 Å². The zero-order valence-corrected chi connectivity index (χ0v) is 16.3. The van der Waals surface area contributed by atoms with Gasteiger partial charge in [0.25, 0.3) is 5.91 Å². The summed E-state index contributed by atoms with van der Waals surface area (Å²) in [4.78, 5) is 14.7. The van der Waals surface area contributed by atoms with Crippen LogP contribution in [-0.2, 0) is 6.54 Å². The minimum absolute atomic E-state index is 0.177. The van der Waals surface area contributed by atoms with Gasteiger partial charge in [0.05, 0.1) is 6.07 Å². The molecule has 5 rings (SSSR count). The molecule has 0 radical (unpaired) electrons. The molecule has 0 bridgehead atoms. The molecule has 30 heavy (non-hydrogen) atoms. The fourth-order valence-electron chi connectivity index (χ4n) is 4.17. The van der Waals surface area contributed by atoms with Crippen molar-refractivity contribution < 1.29 is 4.79 Å². The van der Waals surface area contributed by atoms with Crippen LogP contribution in [0.25, 0.3) is 17.0 Å². The molecular weight excluding hydrogens is 370 g/mol. The first kappa shape index (κ1) is 18.0. The Kier molecular flexibility index (Phi) is 4.42. The van der Waals surface area contributed by atoms with Gasteiger partial charge in [-0.3, -0.25) is 9.69 Å². The summed E-state index contributed by atoms with van der Waals surface area (Å²) < 4.78 is 2.23. The smallest absolute Gasteiger partial charge is 0.259 e. The molecule has 0 N–H and O–H groups in total. The third-order valence-electron chi connectivity index (χ3n) is 5.56. The molecule has 3 aromatic carbocycles. The lowest BCUT2D eigenvalue weighted by Crippen LogP contribution is -2.31. The van der Waals surface area contributed by atoms with Crippen LogP contribution in [0.5, 0.6) is 0 Å². The van der Waals surface area contributed by atoms with Crippen LogP contribution in [0.1, 0.15) is 33.2 Å². The van der Waals surface area contributed by atoms with E-state index in [4.69, 9.17) is 0 Å². The molecule has 0 aliphatic carbocycles. The Morgan fingerprint density at radius 3 is 2.30 bits per heavy atom. The highest BCUT2D eigenvalue weighted by Gasteiger charge is 2.33. The van der Waals surface area contributed by atoms with Crippen molar-refractivity contribution in [3.05, 3.63) is 114 Å². The van der Waals surface area contributed by atoms with Crippen molar-refractivity contribution in [1.82, 2.24) is 9.47 Å². The molecule has 1 atom stereocenters. The number of carbonyl (C=O) groups is 1. The second kappa shape index (κ2) is 7.38. The topological polar surface area (TPSA) is 49.0 Å². The summed E-state index contributed by atoms with van der Waals surface area (Å²) in [6.45, 7) is 0.700. The van der Waals surface area contributed by atoms with E-state index >= 15 is 0 Å². The first-order valence-electron chi connectivity index (χ1n) is 9.88. The highest BCUT2D eigenvalue weighted by Crippen LogP contribution is 2.39. The minimum Gasteiger partial charge on any atom is -0.336 e. The summed E-state index contributed by atoms with van der Waals surface area (Å²) in [5, 5.41) is 11.1. The second-order valence-electron chi connectivity index (χ2n) is 7.31. The third-order valence-corrected chi connectivity index (χ3v) is 5.56. The summed E-state index contributed by atoms with van der Waals surface area (Å²) >= 11 is 0. The number of rotatable bonds is 3. The van der Waals surface area contributed by atoms with Gasteiger partial charge in [-0.05, 0) is 29.8 Å². The van der Waals surface area contributed by atoms with Gasteiger partial charge in [0.2, 0.25) is 0 Å². The highest BCUT2D eigenvalue weighted by atomic mass is 16.2. The number of fused-ring (bicyclic) bond motifs is 3. The summed E-state index contributed by atoms with van der Waals surface area (Å²) in [5.74, 6) is -0.177. The molecule has 0 fully saturated rings. The average Bonchev–Trinajstić information content (AvgIpc) is 3.13. The first-order chi connectivity index (χ1) is 14.8. The predicted octanol–water partition coefficient (Wildman–Crippen LogP) is 5.38. The van der Waals surface area contributed by atoms with Gasteiger partial charge in [-0.1, -0.05) is 66.7 Å². The third kappa shape index (κ3) is 2.89. The molecule has 0 saturated carbocycles. The molecule has 4 nitrogen and oxygen atoms in total. The van der Waals surface area contributed by atoms with Crippen LogP contribution in [0.4, 0.5) is 0 Å². The lowest BCUT2D eigenvalue weighted by atomic mass is 9.98. The van der Waals surface area contributed by atoms with E-state index in [0.717, 1.165) is 22.2 Å². The maximum absolute atomic E-state index is 13.1. The van der Waals surface area contributed by atoms with E-state index in [9.17, 15) is 10.1 Å².